The SMILES string of the molecule is Cc1cc(-c2ccc3c(n2)N(C(=O)NCc2cccnc2)C2CCN3C2)ccn1. The zero-order valence-corrected chi connectivity index (χ0v) is 16.2. The van der Waals surface area contributed by atoms with E-state index in [2.05, 4.69) is 26.3 Å². The molecule has 2 bridgehead atoms. The van der Waals surface area contributed by atoms with Crippen molar-refractivity contribution in [3.63, 3.8) is 0 Å². The molecule has 3 aromatic rings. The van der Waals surface area contributed by atoms with Crippen LogP contribution in [0.3, 0.4) is 0 Å². The lowest BCUT2D eigenvalue weighted by Crippen LogP contribution is -2.50. The number of amides is 2. The van der Waals surface area contributed by atoms with Crippen molar-refractivity contribution in [2.75, 3.05) is 22.9 Å². The van der Waals surface area contributed by atoms with Gasteiger partial charge >= 0.3 is 6.03 Å². The molecule has 1 atom stereocenters. The first-order valence-electron chi connectivity index (χ1n) is 9.84. The molecule has 1 N–H and O–H groups in total. The number of anilines is 2. The highest BCUT2D eigenvalue weighted by atomic mass is 16.2. The largest absolute Gasteiger partial charge is 0.366 e. The summed E-state index contributed by atoms with van der Waals surface area (Å²) >= 11 is 0. The Morgan fingerprint density at radius 1 is 1.24 bits per heavy atom. The van der Waals surface area contributed by atoms with Gasteiger partial charge in [-0.2, -0.15) is 0 Å². The van der Waals surface area contributed by atoms with Crippen molar-refractivity contribution in [1.29, 1.82) is 0 Å². The quantitative estimate of drug-likeness (QED) is 0.748. The van der Waals surface area contributed by atoms with Crippen LogP contribution in [0.2, 0.25) is 0 Å². The Morgan fingerprint density at radius 2 is 2.17 bits per heavy atom. The van der Waals surface area contributed by atoms with Gasteiger partial charge in [0.15, 0.2) is 5.82 Å². The van der Waals surface area contributed by atoms with Crippen LogP contribution >= 0.6 is 0 Å². The number of rotatable bonds is 3. The highest BCUT2D eigenvalue weighted by molar-refractivity contribution is 5.97. The maximum absolute atomic E-state index is 13.1. The molecule has 2 aliphatic rings. The summed E-state index contributed by atoms with van der Waals surface area (Å²) in [5, 5.41) is 3.04. The van der Waals surface area contributed by atoms with Crippen LogP contribution in [0.4, 0.5) is 16.3 Å². The van der Waals surface area contributed by atoms with E-state index >= 15 is 0 Å². The van der Waals surface area contributed by atoms with Crippen LogP contribution < -0.4 is 15.1 Å². The number of aromatic nitrogens is 3. The highest BCUT2D eigenvalue weighted by Gasteiger charge is 2.40. The second-order valence-corrected chi connectivity index (χ2v) is 7.50. The van der Waals surface area contributed by atoms with Gasteiger partial charge < -0.3 is 10.2 Å². The predicted octanol–water partition coefficient (Wildman–Crippen LogP) is 3.16. The van der Waals surface area contributed by atoms with Crippen LogP contribution in [0, 0.1) is 6.92 Å². The van der Waals surface area contributed by atoms with E-state index < -0.39 is 0 Å². The van der Waals surface area contributed by atoms with Crippen molar-refractivity contribution in [2.24, 2.45) is 0 Å². The van der Waals surface area contributed by atoms with Crippen molar-refractivity contribution in [1.82, 2.24) is 20.3 Å². The van der Waals surface area contributed by atoms with E-state index in [1.54, 1.807) is 18.6 Å². The summed E-state index contributed by atoms with van der Waals surface area (Å²) in [7, 11) is 0. The lowest BCUT2D eigenvalue weighted by Gasteiger charge is -2.36. The zero-order valence-electron chi connectivity index (χ0n) is 16.2. The molecule has 0 saturated carbocycles. The monoisotopic (exact) mass is 386 g/mol. The van der Waals surface area contributed by atoms with Gasteiger partial charge in [-0.3, -0.25) is 14.9 Å². The summed E-state index contributed by atoms with van der Waals surface area (Å²) in [5.41, 5.74) is 4.78. The average molecular weight is 386 g/mol. The van der Waals surface area contributed by atoms with E-state index in [1.165, 1.54) is 0 Å². The number of aryl methyl sites for hydroxylation is 1. The first kappa shape index (κ1) is 17.6. The van der Waals surface area contributed by atoms with Crippen molar-refractivity contribution in [3.05, 3.63) is 66.2 Å². The first-order chi connectivity index (χ1) is 14.2. The van der Waals surface area contributed by atoms with Crippen molar-refractivity contribution in [3.8, 4) is 11.3 Å². The molecule has 0 aliphatic carbocycles. The number of hydrogen-bond acceptors (Lipinski definition) is 5. The van der Waals surface area contributed by atoms with Gasteiger partial charge in [0.05, 0.1) is 17.4 Å². The van der Waals surface area contributed by atoms with Crippen LogP contribution in [0.5, 0.6) is 0 Å². The van der Waals surface area contributed by atoms with Crippen molar-refractivity contribution < 1.29 is 4.79 Å². The number of carbonyl (C=O) groups excluding carboxylic acids is 1. The fraction of sp³-hybridized carbons (Fsp3) is 0.273. The topological polar surface area (TPSA) is 74.2 Å². The molecule has 2 aliphatic heterocycles. The maximum atomic E-state index is 13.1. The number of nitrogens with zero attached hydrogens (tertiary/aromatic N) is 5. The molecular weight excluding hydrogens is 364 g/mol. The molecule has 5 heterocycles. The van der Waals surface area contributed by atoms with E-state index in [0.29, 0.717) is 6.54 Å². The summed E-state index contributed by atoms with van der Waals surface area (Å²) in [5.74, 6) is 0.731. The Balaban J connectivity index is 1.47. The third-order valence-electron chi connectivity index (χ3n) is 5.53. The summed E-state index contributed by atoms with van der Waals surface area (Å²) in [6.45, 7) is 4.20. The second kappa shape index (κ2) is 7.16. The van der Waals surface area contributed by atoms with Gasteiger partial charge in [0, 0.05) is 49.5 Å². The molecule has 1 unspecified atom stereocenters. The Kier molecular flexibility index (Phi) is 4.35. The average Bonchev–Trinajstić information content (AvgIpc) is 3.17. The molecular formula is C22H22N6O. The molecule has 7 nitrogen and oxygen atoms in total. The van der Waals surface area contributed by atoms with E-state index in [-0.39, 0.29) is 12.1 Å². The molecule has 0 radical (unpaired) electrons. The number of pyridine rings is 3. The summed E-state index contributed by atoms with van der Waals surface area (Å²) in [4.78, 5) is 30.6. The predicted molar refractivity (Wildman–Crippen MR) is 112 cm³/mol. The molecule has 5 rings (SSSR count). The van der Waals surface area contributed by atoms with Crippen LogP contribution in [0.1, 0.15) is 17.7 Å². The molecule has 3 aromatic heterocycles. The summed E-state index contributed by atoms with van der Waals surface area (Å²) in [6.07, 6.45) is 6.23. The first-order valence-corrected chi connectivity index (χ1v) is 9.84. The maximum Gasteiger partial charge on any atom is 0.323 e. The van der Waals surface area contributed by atoms with Crippen LogP contribution in [0.25, 0.3) is 11.3 Å². The van der Waals surface area contributed by atoms with E-state index in [0.717, 1.165) is 53.5 Å². The third kappa shape index (κ3) is 3.29. The third-order valence-corrected chi connectivity index (χ3v) is 5.53. The van der Waals surface area contributed by atoms with Gasteiger partial charge in [-0.1, -0.05) is 6.07 Å². The second-order valence-electron chi connectivity index (χ2n) is 7.50. The molecule has 146 valence electrons. The molecule has 0 aromatic carbocycles. The number of nitrogens with one attached hydrogen (secondary N) is 1. The normalized spacial score (nSPS) is 17.2. The molecule has 7 heteroatoms. The molecule has 29 heavy (non-hydrogen) atoms. The Hall–Kier alpha value is -3.48. The van der Waals surface area contributed by atoms with Gasteiger partial charge in [0.1, 0.15) is 0 Å². The minimum Gasteiger partial charge on any atom is -0.366 e. The van der Waals surface area contributed by atoms with Gasteiger partial charge in [-0.25, -0.2) is 9.78 Å². The Bertz CT molecular complexity index is 1050. The van der Waals surface area contributed by atoms with Gasteiger partial charge in [0.25, 0.3) is 0 Å². The number of urea groups is 1. The molecule has 0 spiro atoms. The van der Waals surface area contributed by atoms with Gasteiger partial charge in [-0.05, 0) is 49.2 Å². The van der Waals surface area contributed by atoms with Crippen LogP contribution in [0.15, 0.2) is 55.0 Å². The smallest absolute Gasteiger partial charge is 0.323 e. The van der Waals surface area contributed by atoms with Gasteiger partial charge in [-0.15, -0.1) is 0 Å². The molecule has 1 saturated heterocycles. The summed E-state index contributed by atoms with van der Waals surface area (Å²) in [6, 6.07) is 11.9. The summed E-state index contributed by atoms with van der Waals surface area (Å²) < 4.78 is 0. The minimum absolute atomic E-state index is 0.114. The number of carbonyl (C=O) groups is 1. The minimum atomic E-state index is -0.114. The lowest BCUT2D eigenvalue weighted by molar-refractivity contribution is 0.243. The molecule has 2 amide bonds. The fourth-order valence-corrected chi connectivity index (χ4v) is 4.10. The van der Waals surface area contributed by atoms with Gasteiger partial charge in [0.2, 0.25) is 0 Å². The lowest BCUT2D eigenvalue weighted by atomic mass is 10.1. The Labute approximate surface area is 169 Å². The van der Waals surface area contributed by atoms with E-state index in [1.807, 2.05) is 42.2 Å². The van der Waals surface area contributed by atoms with E-state index in [4.69, 9.17) is 4.98 Å². The number of fused-ring (bicyclic) bond motifs is 4. The highest BCUT2D eigenvalue weighted by Crippen LogP contribution is 2.40. The van der Waals surface area contributed by atoms with Crippen molar-refractivity contribution in [2.45, 2.75) is 25.9 Å². The number of hydrogen-bond donors (Lipinski definition) is 1. The van der Waals surface area contributed by atoms with Crippen molar-refractivity contribution >= 4 is 17.5 Å². The molecule has 1 fully saturated rings. The fourth-order valence-electron chi connectivity index (χ4n) is 4.10. The standard InChI is InChI=1S/C22H22N6O/c1-15-11-17(6-9-24-15)19-4-5-20-21(26-19)28(18-7-10-27(20)14-18)22(29)25-13-16-3-2-8-23-12-16/h2-6,8-9,11-12,18H,7,10,13-14H2,1H3,(H,25,29). The van der Waals surface area contributed by atoms with E-state index in [9.17, 15) is 4.79 Å². The zero-order chi connectivity index (χ0) is 19.8. The Morgan fingerprint density at radius 3 is 3.00 bits per heavy atom. The van der Waals surface area contributed by atoms with Crippen LogP contribution in [-0.4, -0.2) is 40.1 Å². The van der Waals surface area contributed by atoms with Crippen LogP contribution in [-0.2, 0) is 6.54 Å².